The van der Waals surface area contributed by atoms with Crippen molar-refractivity contribution in [3.05, 3.63) is 11.5 Å². The van der Waals surface area contributed by atoms with Gasteiger partial charge in [-0.15, -0.1) is 0 Å². The van der Waals surface area contributed by atoms with E-state index in [0.717, 1.165) is 12.8 Å². The monoisotopic (exact) mass is 269 g/mol. The SMILES string of the molecule is CCCCCCCCCCCCCCC(N)=C(N)N. The molecule has 0 atom stereocenters. The van der Waals surface area contributed by atoms with E-state index in [1.807, 2.05) is 0 Å². The smallest absolute Gasteiger partial charge is 0.113 e. The van der Waals surface area contributed by atoms with E-state index < -0.39 is 0 Å². The number of unbranched alkanes of at least 4 members (excludes halogenated alkanes) is 11. The minimum absolute atomic E-state index is 0.295. The summed E-state index contributed by atoms with van der Waals surface area (Å²) in [7, 11) is 0. The summed E-state index contributed by atoms with van der Waals surface area (Å²) in [4.78, 5) is 0. The van der Waals surface area contributed by atoms with E-state index in [0.29, 0.717) is 11.5 Å². The second-order valence-corrected chi connectivity index (χ2v) is 5.62. The summed E-state index contributed by atoms with van der Waals surface area (Å²) in [5.41, 5.74) is 17.2. The van der Waals surface area contributed by atoms with Gasteiger partial charge in [-0.3, -0.25) is 0 Å². The standard InChI is InChI=1S/C16H35N3/c1-2-3-4-5-6-7-8-9-10-11-12-13-14-15(17)16(18)19/h2-14,17-19H2,1H3. The van der Waals surface area contributed by atoms with Crippen molar-refractivity contribution in [2.75, 3.05) is 0 Å². The first-order chi connectivity index (χ1) is 9.18. The molecular formula is C16H35N3. The molecule has 0 bridgehead atoms. The summed E-state index contributed by atoms with van der Waals surface area (Å²) < 4.78 is 0. The Labute approximate surface area is 120 Å². The Kier molecular flexibility index (Phi) is 13.0. The van der Waals surface area contributed by atoms with Gasteiger partial charge in [0.1, 0.15) is 5.82 Å². The van der Waals surface area contributed by atoms with Crippen LogP contribution in [0.1, 0.15) is 90.4 Å². The van der Waals surface area contributed by atoms with E-state index >= 15 is 0 Å². The topological polar surface area (TPSA) is 78.1 Å². The molecule has 3 nitrogen and oxygen atoms in total. The molecule has 0 amide bonds. The van der Waals surface area contributed by atoms with Gasteiger partial charge in [-0.05, 0) is 12.8 Å². The summed E-state index contributed by atoms with van der Waals surface area (Å²) in [5, 5.41) is 0. The van der Waals surface area contributed by atoms with Gasteiger partial charge in [0.25, 0.3) is 0 Å². The van der Waals surface area contributed by atoms with E-state index in [1.165, 1.54) is 70.6 Å². The number of nitrogens with two attached hydrogens (primary N) is 3. The minimum Gasteiger partial charge on any atom is -0.399 e. The van der Waals surface area contributed by atoms with Gasteiger partial charge in [-0.25, -0.2) is 0 Å². The first kappa shape index (κ1) is 18.1. The Balaban J connectivity index is 3.09. The maximum atomic E-state index is 5.68. The second-order valence-electron chi connectivity index (χ2n) is 5.62. The van der Waals surface area contributed by atoms with Crippen LogP contribution in [0.4, 0.5) is 0 Å². The predicted octanol–water partition coefficient (Wildman–Crippen LogP) is 4.12. The Morgan fingerprint density at radius 3 is 1.32 bits per heavy atom. The minimum atomic E-state index is 0.295. The summed E-state index contributed by atoms with van der Waals surface area (Å²) >= 11 is 0. The summed E-state index contributed by atoms with van der Waals surface area (Å²) in [5.74, 6) is 0.295. The molecule has 0 aliphatic rings. The van der Waals surface area contributed by atoms with Crippen LogP contribution in [0, 0.1) is 0 Å². The fourth-order valence-electron chi connectivity index (χ4n) is 2.30. The fraction of sp³-hybridized carbons (Fsp3) is 0.875. The molecule has 0 unspecified atom stereocenters. The molecule has 0 saturated carbocycles. The molecule has 0 rings (SSSR count). The molecule has 0 aliphatic carbocycles. The molecule has 6 N–H and O–H groups in total. The largest absolute Gasteiger partial charge is 0.399 e. The van der Waals surface area contributed by atoms with Gasteiger partial charge in [0.15, 0.2) is 0 Å². The molecule has 0 spiro atoms. The van der Waals surface area contributed by atoms with E-state index in [9.17, 15) is 0 Å². The van der Waals surface area contributed by atoms with Gasteiger partial charge >= 0.3 is 0 Å². The third-order valence-electron chi connectivity index (χ3n) is 3.67. The van der Waals surface area contributed by atoms with Crippen LogP contribution in [0.25, 0.3) is 0 Å². The zero-order valence-corrected chi connectivity index (χ0v) is 12.9. The number of rotatable bonds is 13. The van der Waals surface area contributed by atoms with Crippen LogP contribution >= 0.6 is 0 Å². The zero-order chi connectivity index (χ0) is 14.3. The normalized spacial score (nSPS) is 10.6. The maximum Gasteiger partial charge on any atom is 0.113 e. The third kappa shape index (κ3) is 13.4. The van der Waals surface area contributed by atoms with Crippen molar-refractivity contribution in [1.29, 1.82) is 0 Å². The molecule has 0 aliphatic heterocycles. The highest BCUT2D eigenvalue weighted by molar-refractivity contribution is 5.02. The fourth-order valence-corrected chi connectivity index (χ4v) is 2.30. The van der Waals surface area contributed by atoms with Gasteiger partial charge in [0.2, 0.25) is 0 Å². The molecule has 0 aromatic rings. The zero-order valence-electron chi connectivity index (χ0n) is 12.9. The van der Waals surface area contributed by atoms with Crippen molar-refractivity contribution >= 4 is 0 Å². The molecule has 3 heteroatoms. The van der Waals surface area contributed by atoms with Gasteiger partial charge in [0, 0.05) is 5.70 Å². The lowest BCUT2D eigenvalue weighted by Gasteiger charge is -2.04. The molecular weight excluding hydrogens is 234 g/mol. The lowest BCUT2D eigenvalue weighted by molar-refractivity contribution is 0.543. The summed E-state index contributed by atoms with van der Waals surface area (Å²) in [6.07, 6.45) is 17.1. The quantitative estimate of drug-likeness (QED) is 0.440. The lowest BCUT2D eigenvalue weighted by Crippen LogP contribution is -2.16. The Hall–Kier alpha value is -0.860. The molecule has 0 fully saturated rings. The van der Waals surface area contributed by atoms with Crippen LogP contribution in [0.5, 0.6) is 0 Å². The molecule has 0 radical (unpaired) electrons. The molecule has 19 heavy (non-hydrogen) atoms. The Bertz CT molecular complexity index is 220. The highest BCUT2D eigenvalue weighted by Crippen LogP contribution is 2.13. The van der Waals surface area contributed by atoms with E-state index in [2.05, 4.69) is 6.92 Å². The Morgan fingerprint density at radius 1 is 0.579 bits per heavy atom. The molecule has 0 saturated heterocycles. The van der Waals surface area contributed by atoms with Gasteiger partial charge in [-0.2, -0.15) is 0 Å². The average Bonchev–Trinajstić information content (AvgIpc) is 2.39. The summed E-state index contributed by atoms with van der Waals surface area (Å²) in [6.45, 7) is 2.27. The van der Waals surface area contributed by atoms with Crippen LogP contribution < -0.4 is 17.2 Å². The molecule has 0 aromatic heterocycles. The van der Waals surface area contributed by atoms with Crippen LogP contribution in [-0.4, -0.2) is 0 Å². The lowest BCUT2D eigenvalue weighted by atomic mass is 10.0. The Morgan fingerprint density at radius 2 is 0.947 bits per heavy atom. The number of hydrogen-bond donors (Lipinski definition) is 3. The maximum absolute atomic E-state index is 5.68. The predicted molar refractivity (Wildman–Crippen MR) is 85.3 cm³/mol. The van der Waals surface area contributed by atoms with Crippen molar-refractivity contribution < 1.29 is 0 Å². The number of allylic oxidation sites excluding steroid dienone is 1. The van der Waals surface area contributed by atoms with Crippen molar-refractivity contribution in [2.24, 2.45) is 17.2 Å². The first-order valence-electron chi connectivity index (χ1n) is 8.18. The highest BCUT2D eigenvalue weighted by atomic mass is 14.8. The molecule has 0 aromatic carbocycles. The van der Waals surface area contributed by atoms with Crippen molar-refractivity contribution in [1.82, 2.24) is 0 Å². The van der Waals surface area contributed by atoms with E-state index in [1.54, 1.807) is 0 Å². The van der Waals surface area contributed by atoms with Crippen molar-refractivity contribution in [3.8, 4) is 0 Å². The van der Waals surface area contributed by atoms with Crippen LogP contribution in [-0.2, 0) is 0 Å². The van der Waals surface area contributed by atoms with Crippen LogP contribution in [0.3, 0.4) is 0 Å². The van der Waals surface area contributed by atoms with Gasteiger partial charge in [-0.1, -0.05) is 77.6 Å². The average molecular weight is 269 g/mol. The van der Waals surface area contributed by atoms with Crippen molar-refractivity contribution in [3.63, 3.8) is 0 Å². The molecule has 114 valence electrons. The van der Waals surface area contributed by atoms with Crippen molar-refractivity contribution in [2.45, 2.75) is 90.4 Å². The van der Waals surface area contributed by atoms with Crippen LogP contribution in [0.2, 0.25) is 0 Å². The number of hydrogen-bond acceptors (Lipinski definition) is 3. The van der Waals surface area contributed by atoms with E-state index in [4.69, 9.17) is 17.2 Å². The van der Waals surface area contributed by atoms with Gasteiger partial charge in [0.05, 0.1) is 0 Å². The van der Waals surface area contributed by atoms with E-state index in [-0.39, 0.29) is 0 Å². The molecule has 0 heterocycles. The first-order valence-corrected chi connectivity index (χ1v) is 8.18. The summed E-state index contributed by atoms with van der Waals surface area (Å²) in [6, 6.07) is 0. The highest BCUT2D eigenvalue weighted by Gasteiger charge is 1.96. The third-order valence-corrected chi connectivity index (χ3v) is 3.67. The second kappa shape index (κ2) is 13.6. The van der Waals surface area contributed by atoms with Crippen LogP contribution in [0.15, 0.2) is 11.5 Å². The van der Waals surface area contributed by atoms with Gasteiger partial charge < -0.3 is 17.2 Å².